The van der Waals surface area contributed by atoms with Gasteiger partial charge in [0, 0.05) is 30.8 Å². The summed E-state index contributed by atoms with van der Waals surface area (Å²) in [6.45, 7) is 2.38. The summed E-state index contributed by atoms with van der Waals surface area (Å²) in [6.07, 6.45) is 3.58. The molecule has 1 atom stereocenters. The summed E-state index contributed by atoms with van der Waals surface area (Å²) >= 11 is 0. The molecule has 0 saturated carbocycles. The third-order valence-electron chi connectivity index (χ3n) is 4.42. The number of rotatable bonds is 5. The van der Waals surface area contributed by atoms with Gasteiger partial charge in [0.15, 0.2) is 17.3 Å². The second-order valence-electron chi connectivity index (χ2n) is 6.11. The molecule has 1 unspecified atom stereocenters. The van der Waals surface area contributed by atoms with Crippen LogP contribution in [0.5, 0.6) is 5.75 Å². The maximum atomic E-state index is 13.8. The van der Waals surface area contributed by atoms with E-state index in [2.05, 4.69) is 9.88 Å². The molecule has 0 radical (unpaired) electrons. The van der Waals surface area contributed by atoms with Crippen LogP contribution in [0.4, 0.5) is 4.39 Å². The van der Waals surface area contributed by atoms with E-state index in [0.29, 0.717) is 12.1 Å². The van der Waals surface area contributed by atoms with Crippen LogP contribution >= 0.6 is 0 Å². The highest BCUT2D eigenvalue weighted by atomic mass is 19.1. The van der Waals surface area contributed by atoms with Crippen molar-refractivity contribution in [3.8, 4) is 5.75 Å². The molecule has 0 bridgehead atoms. The van der Waals surface area contributed by atoms with Crippen LogP contribution in [0, 0.1) is 11.7 Å². The molecule has 2 heterocycles. The van der Waals surface area contributed by atoms with Crippen molar-refractivity contribution in [2.24, 2.45) is 5.92 Å². The number of halogens is 1. The van der Waals surface area contributed by atoms with Crippen LogP contribution < -0.4 is 4.74 Å². The molecular formula is C19H21FN2O2. The fraction of sp³-hybridized carbons (Fsp3) is 0.368. The minimum atomic E-state index is -0.496. The van der Waals surface area contributed by atoms with E-state index in [4.69, 9.17) is 4.74 Å². The number of pyridine rings is 1. The average molecular weight is 328 g/mol. The van der Waals surface area contributed by atoms with Gasteiger partial charge in [0.1, 0.15) is 0 Å². The van der Waals surface area contributed by atoms with Gasteiger partial charge in [-0.25, -0.2) is 4.39 Å². The number of ether oxygens (including phenoxy) is 1. The Morgan fingerprint density at radius 1 is 1.38 bits per heavy atom. The lowest BCUT2D eigenvalue weighted by atomic mass is 9.90. The fourth-order valence-electron chi connectivity index (χ4n) is 3.19. The Kier molecular flexibility index (Phi) is 5.20. The third-order valence-corrected chi connectivity index (χ3v) is 4.42. The zero-order valence-corrected chi connectivity index (χ0v) is 13.7. The topological polar surface area (TPSA) is 42.4 Å². The predicted octanol–water partition coefficient (Wildman–Crippen LogP) is 3.32. The Balaban J connectivity index is 1.67. The van der Waals surface area contributed by atoms with Crippen LogP contribution in [-0.2, 0) is 6.54 Å². The first-order valence-corrected chi connectivity index (χ1v) is 8.17. The minimum absolute atomic E-state index is 0.00211. The quantitative estimate of drug-likeness (QED) is 0.790. The van der Waals surface area contributed by atoms with E-state index in [-0.39, 0.29) is 17.5 Å². The lowest BCUT2D eigenvalue weighted by Gasteiger charge is -2.31. The predicted molar refractivity (Wildman–Crippen MR) is 89.5 cm³/mol. The molecule has 24 heavy (non-hydrogen) atoms. The van der Waals surface area contributed by atoms with Crippen molar-refractivity contribution in [2.75, 3.05) is 20.2 Å². The highest BCUT2D eigenvalue weighted by molar-refractivity contribution is 5.98. The second-order valence-corrected chi connectivity index (χ2v) is 6.11. The molecule has 1 aliphatic heterocycles. The number of hydrogen-bond donors (Lipinski definition) is 0. The SMILES string of the molecule is COc1ccc(C(=O)C2CCCN(Cc3ccccn3)C2)cc1F. The van der Waals surface area contributed by atoms with Gasteiger partial charge in [-0.05, 0) is 49.7 Å². The molecule has 1 fully saturated rings. The van der Waals surface area contributed by atoms with Crippen molar-refractivity contribution in [3.63, 3.8) is 0 Å². The van der Waals surface area contributed by atoms with Gasteiger partial charge in [-0.2, -0.15) is 0 Å². The first kappa shape index (κ1) is 16.6. The molecule has 2 aromatic rings. The van der Waals surface area contributed by atoms with E-state index in [9.17, 15) is 9.18 Å². The van der Waals surface area contributed by atoms with Gasteiger partial charge in [0.25, 0.3) is 0 Å². The number of carbonyl (C=O) groups excluding carboxylic acids is 1. The third kappa shape index (κ3) is 3.79. The average Bonchev–Trinajstić information content (AvgIpc) is 2.62. The van der Waals surface area contributed by atoms with Crippen LogP contribution in [0.15, 0.2) is 42.6 Å². The summed E-state index contributed by atoms with van der Waals surface area (Å²) in [5.74, 6) is -0.436. The van der Waals surface area contributed by atoms with Gasteiger partial charge in [-0.15, -0.1) is 0 Å². The number of hydrogen-bond acceptors (Lipinski definition) is 4. The van der Waals surface area contributed by atoms with E-state index in [1.807, 2.05) is 18.2 Å². The Bertz CT molecular complexity index is 706. The number of benzene rings is 1. The van der Waals surface area contributed by atoms with Crippen LogP contribution in [0.3, 0.4) is 0 Å². The molecule has 126 valence electrons. The van der Waals surface area contributed by atoms with Crippen molar-refractivity contribution in [1.82, 2.24) is 9.88 Å². The molecule has 0 aliphatic carbocycles. The van der Waals surface area contributed by atoms with Crippen molar-refractivity contribution in [3.05, 3.63) is 59.7 Å². The highest BCUT2D eigenvalue weighted by Crippen LogP contribution is 2.24. The summed E-state index contributed by atoms with van der Waals surface area (Å²) in [7, 11) is 1.41. The molecule has 3 rings (SSSR count). The number of nitrogens with zero attached hydrogens (tertiary/aromatic N) is 2. The maximum absolute atomic E-state index is 13.8. The van der Waals surface area contributed by atoms with Crippen molar-refractivity contribution in [2.45, 2.75) is 19.4 Å². The Morgan fingerprint density at radius 2 is 2.25 bits per heavy atom. The maximum Gasteiger partial charge on any atom is 0.167 e. The molecule has 1 saturated heterocycles. The Hall–Kier alpha value is -2.27. The Labute approximate surface area is 141 Å². The summed E-state index contributed by atoms with van der Waals surface area (Å²) < 4.78 is 18.8. The van der Waals surface area contributed by atoms with Gasteiger partial charge in [0.2, 0.25) is 0 Å². The molecule has 4 nitrogen and oxygen atoms in total. The number of Topliss-reactive ketones (excluding diaryl/α,β-unsaturated/α-hetero) is 1. The normalized spacial score (nSPS) is 18.3. The largest absolute Gasteiger partial charge is 0.494 e. The standard InChI is InChI=1S/C19H21FN2O2/c1-24-18-8-7-14(11-17(18)20)19(23)15-5-4-10-22(12-15)13-16-6-2-3-9-21-16/h2-3,6-9,11,15H,4-5,10,12-13H2,1H3. The zero-order chi connectivity index (χ0) is 16.9. The summed E-state index contributed by atoms with van der Waals surface area (Å²) in [5.41, 5.74) is 1.42. The molecule has 0 spiro atoms. The van der Waals surface area contributed by atoms with Crippen LogP contribution in [0.2, 0.25) is 0 Å². The first-order valence-electron chi connectivity index (χ1n) is 8.17. The van der Waals surface area contributed by atoms with Crippen molar-refractivity contribution in [1.29, 1.82) is 0 Å². The molecule has 0 amide bonds. The monoisotopic (exact) mass is 328 g/mol. The molecule has 5 heteroatoms. The van der Waals surface area contributed by atoms with E-state index < -0.39 is 5.82 Å². The number of methoxy groups -OCH3 is 1. The number of carbonyl (C=O) groups is 1. The van der Waals surface area contributed by atoms with Gasteiger partial charge < -0.3 is 4.74 Å². The summed E-state index contributed by atoms with van der Waals surface area (Å²) in [6, 6.07) is 10.3. The van der Waals surface area contributed by atoms with E-state index in [1.54, 1.807) is 12.3 Å². The summed E-state index contributed by atoms with van der Waals surface area (Å²) in [4.78, 5) is 19.3. The van der Waals surface area contributed by atoms with Crippen LogP contribution in [0.1, 0.15) is 28.9 Å². The van der Waals surface area contributed by atoms with Crippen molar-refractivity contribution < 1.29 is 13.9 Å². The van der Waals surface area contributed by atoms with Crippen LogP contribution in [-0.4, -0.2) is 35.9 Å². The molecule has 0 N–H and O–H groups in total. The fourth-order valence-corrected chi connectivity index (χ4v) is 3.19. The minimum Gasteiger partial charge on any atom is -0.494 e. The number of aromatic nitrogens is 1. The molecule has 1 aromatic carbocycles. The molecular weight excluding hydrogens is 307 g/mol. The number of ketones is 1. The number of likely N-dealkylation sites (tertiary alicyclic amines) is 1. The Morgan fingerprint density at radius 3 is 2.96 bits per heavy atom. The van der Waals surface area contributed by atoms with Gasteiger partial charge in [-0.3, -0.25) is 14.7 Å². The smallest absolute Gasteiger partial charge is 0.167 e. The zero-order valence-electron chi connectivity index (χ0n) is 13.7. The van der Waals surface area contributed by atoms with E-state index >= 15 is 0 Å². The van der Waals surface area contributed by atoms with Gasteiger partial charge in [-0.1, -0.05) is 6.07 Å². The van der Waals surface area contributed by atoms with Gasteiger partial charge >= 0.3 is 0 Å². The lowest BCUT2D eigenvalue weighted by Crippen LogP contribution is -2.38. The number of piperidine rings is 1. The first-order chi connectivity index (χ1) is 11.7. The lowest BCUT2D eigenvalue weighted by molar-refractivity contribution is 0.0809. The second kappa shape index (κ2) is 7.53. The molecule has 1 aliphatic rings. The van der Waals surface area contributed by atoms with E-state index in [1.165, 1.54) is 19.2 Å². The highest BCUT2D eigenvalue weighted by Gasteiger charge is 2.27. The van der Waals surface area contributed by atoms with E-state index in [0.717, 1.165) is 31.6 Å². The van der Waals surface area contributed by atoms with Crippen LogP contribution in [0.25, 0.3) is 0 Å². The molecule has 1 aromatic heterocycles. The van der Waals surface area contributed by atoms with Crippen molar-refractivity contribution >= 4 is 5.78 Å². The van der Waals surface area contributed by atoms with Gasteiger partial charge in [0.05, 0.1) is 12.8 Å². The summed E-state index contributed by atoms with van der Waals surface area (Å²) in [5, 5.41) is 0.